The molecule has 0 fully saturated rings. The minimum absolute atomic E-state index is 0.00232. The zero-order valence-electron chi connectivity index (χ0n) is 12.1. The molecule has 0 aromatic heterocycles. The number of rotatable bonds is 7. The summed E-state index contributed by atoms with van der Waals surface area (Å²) in [6.45, 7) is 3.83. The Morgan fingerprint density at radius 3 is 2.81 bits per heavy atom. The lowest BCUT2D eigenvalue weighted by molar-refractivity contribution is 0.281. The van der Waals surface area contributed by atoms with Crippen LogP contribution in [0.15, 0.2) is 42.5 Å². The van der Waals surface area contributed by atoms with E-state index in [-0.39, 0.29) is 6.61 Å². The van der Waals surface area contributed by atoms with Gasteiger partial charge in [-0.2, -0.15) is 0 Å². The molecule has 0 spiro atoms. The highest BCUT2D eigenvalue weighted by molar-refractivity contribution is 6.30. The Labute approximate surface area is 130 Å². The molecule has 0 radical (unpaired) electrons. The summed E-state index contributed by atoms with van der Waals surface area (Å²) in [5, 5.41) is 13.2. The van der Waals surface area contributed by atoms with E-state index in [2.05, 4.69) is 12.2 Å². The maximum Gasteiger partial charge on any atom is 0.133 e. The van der Waals surface area contributed by atoms with Gasteiger partial charge in [0.25, 0.3) is 0 Å². The van der Waals surface area contributed by atoms with Crippen LogP contribution in [0.3, 0.4) is 0 Å². The van der Waals surface area contributed by atoms with Gasteiger partial charge in [-0.05, 0) is 42.8 Å². The summed E-state index contributed by atoms with van der Waals surface area (Å²) in [7, 11) is 0. The summed E-state index contributed by atoms with van der Waals surface area (Å²) in [4.78, 5) is 0. The Balaban J connectivity index is 2.18. The van der Waals surface area contributed by atoms with Gasteiger partial charge >= 0.3 is 0 Å². The Morgan fingerprint density at radius 1 is 1.19 bits per heavy atom. The normalized spacial score (nSPS) is 10.6. The SMILES string of the molecule is CCCNCc1ccc(Cl)cc1Oc1cccc(CO)c1. The van der Waals surface area contributed by atoms with Crippen LogP contribution in [0.5, 0.6) is 11.5 Å². The van der Waals surface area contributed by atoms with Gasteiger partial charge in [0.15, 0.2) is 0 Å². The molecule has 0 amide bonds. The second-order valence-corrected chi connectivity index (χ2v) is 5.27. The van der Waals surface area contributed by atoms with Crippen molar-refractivity contribution < 1.29 is 9.84 Å². The van der Waals surface area contributed by atoms with E-state index in [1.54, 1.807) is 0 Å². The third kappa shape index (κ3) is 4.74. The van der Waals surface area contributed by atoms with E-state index in [4.69, 9.17) is 16.3 Å². The maximum atomic E-state index is 9.18. The van der Waals surface area contributed by atoms with Gasteiger partial charge in [-0.25, -0.2) is 0 Å². The Bertz CT molecular complexity index is 587. The molecule has 2 rings (SSSR count). The average Bonchev–Trinajstić information content (AvgIpc) is 2.50. The van der Waals surface area contributed by atoms with Crippen molar-refractivity contribution in [3.63, 3.8) is 0 Å². The van der Waals surface area contributed by atoms with Gasteiger partial charge in [0.05, 0.1) is 6.61 Å². The second kappa shape index (κ2) is 8.03. The Kier molecular flexibility index (Phi) is 6.05. The van der Waals surface area contributed by atoms with Crippen LogP contribution in [0.4, 0.5) is 0 Å². The molecule has 2 N–H and O–H groups in total. The first-order valence-electron chi connectivity index (χ1n) is 7.09. The van der Waals surface area contributed by atoms with E-state index >= 15 is 0 Å². The first-order valence-corrected chi connectivity index (χ1v) is 7.47. The zero-order chi connectivity index (χ0) is 15.1. The number of hydrogen-bond acceptors (Lipinski definition) is 3. The van der Waals surface area contributed by atoms with Crippen molar-refractivity contribution in [2.45, 2.75) is 26.5 Å². The van der Waals surface area contributed by atoms with E-state index in [1.165, 1.54) is 0 Å². The van der Waals surface area contributed by atoms with Gasteiger partial charge in [-0.1, -0.05) is 36.7 Å². The highest BCUT2D eigenvalue weighted by Gasteiger charge is 2.06. The Hall–Kier alpha value is -1.55. The summed E-state index contributed by atoms with van der Waals surface area (Å²) in [6, 6.07) is 13.1. The standard InChI is InChI=1S/C17H20ClNO2/c1-2-8-19-11-14-6-7-15(18)10-17(14)21-16-5-3-4-13(9-16)12-20/h3-7,9-10,19-20H,2,8,11-12H2,1H3. The highest BCUT2D eigenvalue weighted by Crippen LogP contribution is 2.29. The largest absolute Gasteiger partial charge is 0.457 e. The summed E-state index contributed by atoms with van der Waals surface area (Å²) in [5.41, 5.74) is 1.88. The monoisotopic (exact) mass is 305 g/mol. The molecule has 0 aliphatic heterocycles. The smallest absolute Gasteiger partial charge is 0.133 e. The molecule has 3 nitrogen and oxygen atoms in total. The van der Waals surface area contributed by atoms with Crippen molar-refractivity contribution in [3.8, 4) is 11.5 Å². The third-order valence-electron chi connectivity index (χ3n) is 3.08. The summed E-state index contributed by atoms with van der Waals surface area (Å²) in [5.74, 6) is 1.43. The molecule has 0 saturated heterocycles. The van der Waals surface area contributed by atoms with Gasteiger partial charge in [-0.15, -0.1) is 0 Å². The van der Waals surface area contributed by atoms with E-state index in [0.717, 1.165) is 36.4 Å². The van der Waals surface area contributed by atoms with Crippen LogP contribution in [0.25, 0.3) is 0 Å². The number of aliphatic hydroxyl groups excluding tert-OH is 1. The molecule has 4 heteroatoms. The third-order valence-corrected chi connectivity index (χ3v) is 3.32. The lowest BCUT2D eigenvalue weighted by Gasteiger charge is -2.13. The average molecular weight is 306 g/mol. The molecule has 0 unspecified atom stereocenters. The Morgan fingerprint density at radius 2 is 2.05 bits per heavy atom. The molecule has 0 saturated carbocycles. The number of nitrogens with one attached hydrogen (secondary N) is 1. The lowest BCUT2D eigenvalue weighted by Crippen LogP contribution is -2.14. The van der Waals surface area contributed by atoms with E-state index < -0.39 is 0 Å². The molecule has 2 aromatic carbocycles. The van der Waals surface area contributed by atoms with Crippen molar-refractivity contribution >= 4 is 11.6 Å². The fourth-order valence-electron chi connectivity index (χ4n) is 2.00. The lowest BCUT2D eigenvalue weighted by atomic mass is 10.2. The minimum Gasteiger partial charge on any atom is -0.457 e. The number of hydrogen-bond donors (Lipinski definition) is 2. The molecular formula is C17H20ClNO2. The number of halogens is 1. The van der Waals surface area contributed by atoms with E-state index in [9.17, 15) is 5.11 Å². The summed E-state index contributed by atoms with van der Waals surface area (Å²) >= 11 is 6.06. The zero-order valence-corrected chi connectivity index (χ0v) is 12.9. The van der Waals surface area contributed by atoms with Crippen LogP contribution in [0.2, 0.25) is 5.02 Å². The first kappa shape index (κ1) is 15.8. The van der Waals surface area contributed by atoms with Crippen LogP contribution in [0.1, 0.15) is 24.5 Å². The van der Waals surface area contributed by atoms with Crippen LogP contribution in [-0.2, 0) is 13.2 Å². The predicted octanol–water partition coefficient (Wildman–Crippen LogP) is 4.12. The van der Waals surface area contributed by atoms with Gasteiger partial charge in [0.1, 0.15) is 11.5 Å². The van der Waals surface area contributed by atoms with E-state index in [1.807, 2.05) is 42.5 Å². The highest BCUT2D eigenvalue weighted by atomic mass is 35.5. The van der Waals surface area contributed by atoms with Gasteiger partial charge in [0, 0.05) is 17.1 Å². The van der Waals surface area contributed by atoms with Crippen molar-refractivity contribution in [1.82, 2.24) is 5.32 Å². The maximum absolute atomic E-state index is 9.18. The van der Waals surface area contributed by atoms with Crippen LogP contribution >= 0.6 is 11.6 Å². The number of aliphatic hydroxyl groups is 1. The summed E-state index contributed by atoms with van der Waals surface area (Å²) in [6.07, 6.45) is 1.09. The van der Waals surface area contributed by atoms with Crippen molar-refractivity contribution in [3.05, 3.63) is 58.6 Å². The first-order chi connectivity index (χ1) is 10.2. The molecule has 0 aliphatic rings. The van der Waals surface area contributed by atoms with Crippen molar-refractivity contribution in [1.29, 1.82) is 0 Å². The topological polar surface area (TPSA) is 41.5 Å². The quantitative estimate of drug-likeness (QED) is 0.756. The van der Waals surface area contributed by atoms with Crippen LogP contribution < -0.4 is 10.1 Å². The van der Waals surface area contributed by atoms with Crippen LogP contribution in [0, 0.1) is 0 Å². The molecule has 0 aliphatic carbocycles. The molecule has 112 valence electrons. The van der Waals surface area contributed by atoms with Gasteiger partial charge in [-0.3, -0.25) is 0 Å². The molecule has 0 atom stereocenters. The molecule has 21 heavy (non-hydrogen) atoms. The number of benzene rings is 2. The molecule has 2 aromatic rings. The van der Waals surface area contributed by atoms with Crippen molar-refractivity contribution in [2.24, 2.45) is 0 Å². The second-order valence-electron chi connectivity index (χ2n) is 4.84. The molecular weight excluding hydrogens is 286 g/mol. The fraction of sp³-hybridized carbons (Fsp3) is 0.294. The van der Waals surface area contributed by atoms with Crippen molar-refractivity contribution in [2.75, 3.05) is 6.54 Å². The molecule has 0 heterocycles. The minimum atomic E-state index is -0.00232. The van der Waals surface area contributed by atoms with Crippen LogP contribution in [-0.4, -0.2) is 11.7 Å². The molecule has 0 bridgehead atoms. The predicted molar refractivity (Wildman–Crippen MR) is 85.9 cm³/mol. The fourth-order valence-corrected chi connectivity index (χ4v) is 2.17. The van der Waals surface area contributed by atoms with Gasteiger partial charge < -0.3 is 15.2 Å². The van der Waals surface area contributed by atoms with E-state index in [0.29, 0.717) is 10.8 Å². The van der Waals surface area contributed by atoms with Gasteiger partial charge in [0.2, 0.25) is 0 Å². The number of ether oxygens (including phenoxy) is 1. The summed E-state index contributed by atoms with van der Waals surface area (Å²) < 4.78 is 5.93.